The summed E-state index contributed by atoms with van der Waals surface area (Å²) in [5, 5.41) is 11.7. The monoisotopic (exact) mass is 346 g/mol. The quantitative estimate of drug-likeness (QED) is 0.792. The standard InChI is InChI=1S/C19H26N2O4/c1-4-5-14-6-8-16(9-7-14)21-11-15(10-17(21)22)18(23)20-13(3)12(2)19(24)25/h6-9,12-13,15H,4-5,10-11H2,1-3H3,(H,20,23)(H,24,25). The van der Waals surface area contributed by atoms with Crippen LogP contribution in [0.5, 0.6) is 0 Å². The fraction of sp³-hybridized carbons (Fsp3) is 0.526. The van der Waals surface area contributed by atoms with Gasteiger partial charge in [-0.05, 0) is 38.0 Å². The van der Waals surface area contributed by atoms with E-state index >= 15 is 0 Å². The van der Waals surface area contributed by atoms with Crippen LogP contribution in [-0.4, -0.2) is 35.5 Å². The summed E-state index contributed by atoms with van der Waals surface area (Å²) in [6.45, 7) is 5.66. The lowest BCUT2D eigenvalue weighted by Crippen LogP contribution is -2.43. The number of aryl methyl sites for hydroxylation is 1. The minimum absolute atomic E-state index is 0.0812. The highest BCUT2D eigenvalue weighted by molar-refractivity contribution is 6.00. The number of nitrogens with zero attached hydrogens (tertiary/aromatic N) is 1. The molecule has 2 amide bonds. The van der Waals surface area contributed by atoms with E-state index in [2.05, 4.69) is 12.2 Å². The number of carbonyl (C=O) groups excluding carboxylic acids is 2. The summed E-state index contributed by atoms with van der Waals surface area (Å²) in [6, 6.07) is 7.37. The van der Waals surface area contributed by atoms with Gasteiger partial charge in [-0.15, -0.1) is 0 Å². The molecule has 25 heavy (non-hydrogen) atoms. The van der Waals surface area contributed by atoms with Gasteiger partial charge < -0.3 is 15.3 Å². The van der Waals surface area contributed by atoms with Gasteiger partial charge in [0, 0.05) is 24.7 Å². The van der Waals surface area contributed by atoms with Crippen molar-refractivity contribution in [3.8, 4) is 0 Å². The van der Waals surface area contributed by atoms with Gasteiger partial charge >= 0.3 is 5.97 Å². The molecule has 6 nitrogen and oxygen atoms in total. The van der Waals surface area contributed by atoms with Crippen molar-refractivity contribution in [2.45, 2.75) is 46.1 Å². The lowest BCUT2D eigenvalue weighted by Gasteiger charge is -2.20. The highest BCUT2D eigenvalue weighted by atomic mass is 16.4. The molecular formula is C19H26N2O4. The molecule has 1 aliphatic heterocycles. The zero-order valence-electron chi connectivity index (χ0n) is 15.0. The van der Waals surface area contributed by atoms with Crippen LogP contribution in [0.1, 0.15) is 39.2 Å². The van der Waals surface area contributed by atoms with Gasteiger partial charge in [-0.25, -0.2) is 0 Å². The number of hydrogen-bond acceptors (Lipinski definition) is 3. The molecule has 6 heteroatoms. The second-order valence-corrected chi connectivity index (χ2v) is 6.75. The predicted octanol–water partition coefficient (Wildman–Crippen LogP) is 2.22. The third kappa shape index (κ3) is 4.59. The van der Waals surface area contributed by atoms with Gasteiger partial charge in [-0.3, -0.25) is 14.4 Å². The molecule has 1 heterocycles. The normalized spacial score (nSPS) is 19.6. The van der Waals surface area contributed by atoms with Crippen LogP contribution in [0, 0.1) is 11.8 Å². The molecule has 1 fully saturated rings. The summed E-state index contributed by atoms with van der Waals surface area (Å²) in [4.78, 5) is 37.3. The molecule has 0 bridgehead atoms. The first-order valence-corrected chi connectivity index (χ1v) is 8.76. The Bertz CT molecular complexity index is 641. The molecule has 0 saturated carbocycles. The third-order valence-electron chi connectivity index (χ3n) is 4.79. The van der Waals surface area contributed by atoms with Crippen molar-refractivity contribution in [2.75, 3.05) is 11.4 Å². The summed E-state index contributed by atoms with van der Waals surface area (Å²) in [6.07, 6.45) is 2.22. The van der Waals surface area contributed by atoms with Crippen molar-refractivity contribution >= 4 is 23.5 Å². The Kier molecular flexibility index (Phi) is 6.17. The van der Waals surface area contributed by atoms with E-state index in [-0.39, 0.29) is 18.2 Å². The first kappa shape index (κ1) is 19.0. The SMILES string of the molecule is CCCc1ccc(N2CC(C(=O)NC(C)C(C)C(=O)O)CC2=O)cc1. The van der Waals surface area contributed by atoms with Crippen molar-refractivity contribution in [1.82, 2.24) is 5.32 Å². The largest absolute Gasteiger partial charge is 0.481 e. The van der Waals surface area contributed by atoms with Gasteiger partial charge in [0.2, 0.25) is 11.8 Å². The summed E-state index contributed by atoms with van der Waals surface area (Å²) in [7, 11) is 0. The second kappa shape index (κ2) is 8.14. The predicted molar refractivity (Wildman–Crippen MR) is 95.3 cm³/mol. The lowest BCUT2D eigenvalue weighted by atomic mass is 10.0. The molecule has 0 aromatic heterocycles. The van der Waals surface area contributed by atoms with Gasteiger partial charge in [-0.1, -0.05) is 25.5 Å². The van der Waals surface area contributed by atoms with E-state index in [0.29, 0.717) is 6.54 Å². The Morgan fingerprint density at radius 3 is 2.48 bits per heavy atom. The van der Waals surface area contributed by atoms with Gasteiger partial charge in [0.15, 0.2) is 0 Å². The molecule has 0 spiro atoms. The van der Waals surface area contributed by atoms with Gasteiger partial charge in [0.1, 0.15) is 0 Å². The van der Waals surface area contributed by atoms with Crippen LogP contribution in [0.15, 0.2) is 24.3 Å². The van der Waals surface area contributed by atoms with E-state index in [1.54, 1.807) is 18.7 Å². The number of anilines is 1. The van der Waals surface area contributed by atoms with Crippen LogP contribution in [0.25, 0.3) is 0 Å². The maximum absolute atomic E-state index is 12.4. The van der Waals surface area contributed by atoms with Crippen molar-refractivity contribution in [3.63, 3.8) is 0 Å². The average Bonchev–Trinajstić information content (AvgIpc) is 2.97. The molecule has 3 atom stereocenters. The van der Waals surface area contributed by atoms with Crippen molar-refractivity contribution < 1.29 is 19.5 Å². The van der Waals surface area contributed by atoms with E-state index in [9.17, 15) is 14.4 Å². The number of rotatable bonds is 7. The number of aliphatic carboxylic acids is 1. The minimum atomic E-state index is -0.955. The Morgan fingerprint density at radius 2 is 1.92 bits per heavy atom. The van der Waals surface area contributed by atoms with Crippen LogP contribution in [0.4, 0.5) is 5.69 Å². The Hall–Kier alpha value is -2.37. The highest BCUT2D eigenvalue weighted by Gasteiger charge is 2.36. The molecule has 0 aliphatic carbocycles. The molecule has 2 N–H and O–H groups in total. The topological polar surface area (TPSA) is 86.7 Å². The van der Waals surface area contributed by atoms with Crippen LogP contribution in [0.3, 0.4) is 0 Å². The van der Waals surface area contributed by atoms with Crippen LogP contribution < -0.4 is 10.2 Å². The number of carboxylic acid groups (broad SMARTS) is 1. The highest BCUT2D eigenvalue weighted by Crippen LogP contribution is 2.26. The van der Waals surface area contributed by atoms with Crippen molar-refractivity contribution in [3.05, 3.63) is 29.8 Å². The Morgan fingerprint density at radius 1 is 1.28 bits per heavy atom. The average molecular weight is 346 g/mol. The van der Waals surface area contributed by atoms with E-state index in [0.717, 1.165) is 18.5 Å². The smallest absolute Gasteiger partial charge is 0.308 e. The number of nitrogens with one attached hydrogen (secondary N) is 1. The number of hydrogen-bond donors (Lipinski definition) is 2. The zero-order chi connectivity index (χ0) is 18.6. The van der Waals surface area contributed by atoms with Gasteiger partial charge in [0.05, 0.1) is 11.8 Å². The number of amides is 2. The van der Waals surface area contributed by atoms with Crippen molar-refractivity contribution in [1.29, 1.82) is 0 Å². The van der Waals surface area contributed by atoms with Crippen LogP contribution >= 0.6 is 0 Å². The first-order chi connectivity index (χ1) is 11.8. The number of carboxylic acids is 1. The molecule has 1 saturated heterocycles. The Labute approximate surface area is 148 Å². The molecule has 3 unspecified atom stereocenters. The molecule has 136 valence electrons. The summed E-state index contributed by atoms with van der Waals surface area (Å²) >= 11 is 0. The minimum Gasteiger partial charge on any atom is -0.481 e. The van der Waals surface area contributed by atoms with E-state index < -0.39 is 23.8 Å². The van der Waals surface area contributed by atoms with Gasteiger partial charge in [-0.2, -0.15) is 0 Å². The van der Waals surface area contributed by atoms with E-state index in [1.165, 1.54) is 5.56 Å². The number of benzene rings is 1. The van der Waals surface area contributed by atoms with E-state index in [1.807, 2.05) is 24.3 Å². The summed E-state index contributed by atoms with van der Waals surface area (Å²) < 4.78 is 0. The number of carbonyl (C=O) groups is 3. The molecular weight excluding hydrogens is 320 g/mol. The first-order valence-electron chi connectivity index (χ1n) is 8.76. The molecule has 1 aromatic carbocycles. The second-order valence-electron chi connectivity index (χ2n) is 6.75. The fourth-order valence-corrected chi connectivity index (χ4v) is 2.95. The summed E-state index contributed by atoms with van der Waals surface area (Å²) in [5.41, 5.74) is 2.02. The third-order valence-corrected chi connectivity index (χ3v) is 4.79. The van der Waals surface area contributed by atoms with Gasteiger partial charge in [0.25, 0.3) is 0 Å². The maximum Gasteiger partial charge on any atom is 0.308 e. The molecule has 2 rings (SSSR count). The van der Waals surface area contributed by atoms with Crippen LogP contribution in [-0.2, 0) is 20.8 Å². The lowest BCUT2D eigenvalue weighted by molar-refractivity contribution is -0.142. The zero-order valence-corrected chi connectivity index (χ0v) is 15.0. The molecule has 0 radical (unpaired) electrons. The Balaban J connectivity index is 1.99. The van der Waals surface area contributed by atoms with E-state index in [4.69, 9.17) is 5.11 Å². The fourth-order valence-electron chi connectivity index (χ4n) is 2.95. The summed E-state index contributed by atoms with van der Waals surface area (Å²) in [5.74, 6) is -2.43. The van der Waals surface area contributed by atoms with Crippen LogP contribution in [0.2, 0.25) is 0 Å². The molecule has 1 aliphatic rings. The molecule has 1 aromatic rings. The van der Waals surface area contributed by atoms with Crippen molar-refractivity contribution in [2.24, 2.45) is 11.8 Å². The maximum atomic E-state index is 12.4.